The van der Waals surface area contributed by atoms with Crippen LogP contribution in [0, 0.1) is 0 Å². The van der Waals surface area contributed by atoms with Gasteiger partial charge in [-0.3, -0.25) is 4.79 Å². The summed E-state index contributed by atoms with van der Waals surface area (Å²) in [6.45, 7) is 0.357. The van der Waals surface area contributed by atoms with E-state index in [0.29, 0.717) is 35.2 Å². The molecule has 1 rings (SSSR count). The number of benzene rings is 1. The zero-order valence-corrected chi connectivity index (χ0v) is 12.2. The van der Waals surface area contributed by atoms with E-state index in [1.165, 1.54) is 7.11 Å². The maximum atomic E-state index is 10.9. The Balaban J connectivity index is 2.50. The van der Waals surface area contributed by atoms with E-state index in [1.54, 1.807) is 12.1 Å². The van der Waals surface area contributed by atoms with Crippen molar-refractivity contribution < 1.29 is 14.3 Å². The monoisotopic (exact) mass is 340 g/mol. The van der Waals surface area contributed by atoms with Crippen molar-refractivity contribution in [2.24, 2.45) is 0 Å². The largest absolute Gasteiger partial charge is 0.490 e. The maximum Gasteiger partial charge on any atom is 0.305 e. The molecule has 0 heterocycles. The van der Waals surface area contributed by atoms with E-state index in [9.17, 15) is 4.79 Å². The molecule has 0 aliphatic heterocycles. The summed E-state index contributed by atoms with van der Waals surface area (Å²) < 4.78 is 10.7. The Kier molecular flexibility index (Phi) is 6.09. The molecule has 0 saturated heterocycles. The fourth-order valence-corrected chi connectivity index (χ4v) is 2.48. The van der Waals surface area contributed by atoms with E-state index >= 15 is 0 Å². The number of halogens is 3. The summed E-state index contributed by atoms with van der Waals surface area (Å²) >= 11 is 15.2. The predicted molar refractivity (Wildman–Crippen MR) is 70.9 cm³/mol. The summed E-state index contributed by atoms with van der Waals surface area (Å²) in [4.78, 5) is 10.9. The van der Waals surface area contributed by atoms with Gasteiger partial charge in [-0.1, -0.05) is 39.1 Å². The van der Waals surface area contributed by atoms with Crippen molar-refractivity contribution in [3.63, 3.8) is 0 Å². The van der Waals surface area contributed by atoms with Crippen molar-refractivity contribution in [1.82, 2.24) is 0 Å². The normalized spacial score (nSPS) is 10.1. The van der Waals surface area contributed by atoms with Crippen molar-refractivity contribution in [3.8, 4) is 5.75 Å². The molecule has 0 unspecified atom stereocenters. The molecule has 0 aliphatic carbocycles. The minimum atomic E-state index is -0.262. The maximum absolute atomic E-state index is 10.9. The molecule has 0 bridgehead atoms. The molecular formula is C11H11BrCl2O3. The van der Waals surface area contributed by atoms with Gasteiger partial charge in [0.2, 0.25) is 0 Å². The van der Waals surface area contributed by atoms with Crippen LogP contribution < -0.4 is 4.74 Å². The zero-order chi connectivity index (χ0) is 12.8. The van der Waals surface area contributed by atoms with Crippen molar-refractivity contribution >= 4 is 45.1 Å². The van der Waals surface area contributed by atoms with Crippen molar-refractivity contribution in [2.45, 2.75) is 12.8 Å². The van der Waals surface area contributed by atoms with Gasteiger partial charge in [-0.2, -0.15) is 0 Å². The smallest absolute Gasteiger partial charge is 0.305 e. The lowest BCUT2D eigenvalue weighted by molar-refractivity contribution is -0.140. The lowest BCUT2D eigenvalue weighted by Crippen LogP contribution is -2.05. The fourth-order valence-electron chi connectivity index (χ4n) is 1.16. The number of methoxy groups -OCH3 is 1. The average molecular weight is 342 g/mol. The minimum Gasteiger partial charge on any atom is -0.490 e. The molecule has 0 amide bonds. The minimum absolute atomic E-state index is 0.262. The molecule has 1 aromatic rings. The van der Waals surface area contributed by atoms with Gasteiger partial charge in [0, 0.05) is 10.9 Å². The van der Waals surface area contributed by atoms with E-state index < -0.39 is 0 Å². The van der Waals surface area contributed by atoms with E-state index in [0.717, 1.165) is 4.47 Å². The Labute approximate surface area is 118 Å². The van der Waals surface area contributed by atoms with Gasteiger partial charge in [-0.15, -0.1) is 0 Å². The summed E-state index contributed by atoms with van der Waals surface area (Å²) in [6.07, 6.45) is 0.859. The zero-order valence-electron chi connectivity index (χ0n) is 9.13. The van der Waals surface area contributed by atoms with Gasteiger partial charge in [0.15, 0.2) is 5.75 Å². The van der Waals surface area contributed by atoms with Gasteiger partial charge in [0.05, 0.1) is 23.8 Å². The third-order valence-electron chi connectivity index (χ3n) is 1.96. The van der Waals surface area contributed by atoms with E-state index in [-0.39, 0.29) is 5.97 Å². The van der Waals surface area contributed by atoms with Crippen LogP contribution in [-0.2, 0) is 9.53 Å². The first kappa shape index (κ1) is 14.6. The van der Waals surface area contributed by atoms with Gasteiger partial charge >= 0.3 is 5.97 Å². The first-order valence-corrected chi connectivity index (χ1v) is 6.43. The molecule has 0 spiro atoms. The van der Waals surface area contributed by atoms with E-state index in [4.69, 9.17) is 27.9 Å². The van der Waals surface area contributed by atoms with Crippen LogP contribution in [-0.4, -0.2) is 19.7 Å². The lowest BCUT2D eigenvalue weighted by Gasteiger charge is -2.09. The first-order valence-electron chi connectivity index (χ1n) is 4.88. The highest BCUT2D eigenvalue weighted by Crippen LogP contribution is 2.35. The summed E-state index contributed by atoms with van der Waals surface area (Å²) in [5.74, 6) is 0.169. The molecule has 0 aliphatic rings. The summed E-state index contributed by atoms with van der Waals surface area (Å²) in [5, 5.41) is 0.866. The molecule has 3 nitrogen and oxygen atoms in total. The Morgan fingerprint density at radius 3 is 2.47 bits per heavy atom. The molecule has 0 atom stereocenters. The molecule has 94 valence electrons. The number of rotatable bonds is 5. The van der Waals surface area contributed by atoms with Crippen LogP contribution in [0.25, 0.3) is 0 Å². The predicted octanol–water partition coefficient (Wildman–Crippen LogP) is 4.09. The van der Waals surface area contributed by atoms with Gasteiger partial charge < -0.3 is 9.47 Å². The van der Waals surface area contributed by atoms with Crippen LogP contribution in [0.3, 0.4) is 0 Å². The molecular weight excluding hydrogens is 331 g/mol. The van der Waals surface area contributed by atoms with Crippen LogP contribution in [0.2, 0.25) is 10.0 Å². The first-order chi connectivity index (χ1) is 8.04. The SMILES string of the molecule is COC(=O)CCCOc1c(Cl)cc(Br)cc1Cl. The van der Waals surface area contributed by atoms with Crippen molar-refractivity contribution in [1.29, 1.82) is 0 Å². The topological polar surface area (TPSA) is 35.5 Å². The highest BCUT2D eigenvalue weighted by molar-refractivity contribution is 9.10. The Morgan fingerprint density at radius 1 is 1.35 bits per heavy atom. The molecule has 6 heteroatoms. The second kappa shape index (κ2) is 7.09. The Morgan fingerprint density at radius 2 is 1.94 bits per heavy atom. The number of hydrogen-bond acceptors (Lipinski definition) is 3. The lowest BCUT2D eigenvalue weighted by atomic mass is 10.3. The van der Waals surface area contributed by atoms with Crippen molar-refractivity contribution in [3.05, 3.63) is 26.7 Å². The number of carbonyl (C=O) groups is 1. The highest BCUT2D eigenvalue weighted by atomic mass is 79.9. The molecule has 0 saturated carbocycles. The molecule has 0 N–H and O–H groups in total. The quantitative estimate of drug-likeness (QED) is 0.597. The van der Waals surface area contributed by atoms with Crippen LogP contribution in [0.5, 0.6) is 5.75 Å². The van der Waals surface area contributed by atoms with Crippen LogP contribution in [0.1, 0.15) is 12.8 Å². The highest BCUT2D eigenvalue weighted by Gasteiger charge is 2.09. The molecule has 0 aromatic heterocycles. The molecule has 17 heavy (non-hydrogen) atoms. The Bertz CT molecular complexity index is 387. The molecule has 0 radical (unpaired) electrons. The second-order valence-corrected chi connectivity index (χ2v) is 4.96. The number of ether oxygens (including phenoxy) is 2. The molecule has 0 fully saturated rings. The second-order valence-electron chi connectivity index (χ2n) is 3.23. The van der Waals surface area contributed by atoms with Gasteiger partial charge in [0.1, 0.15) is 0 Å². The standard InChI is InChI=1S/C11H11BrCl2O3/c1-16-10(15)3-2-4-17-11-8(13)5-7(12)6-9(11)14/h5-6H,2-4H2,1H3. The third kappa shape index (κ3) is 4.74. The fraction of sp³-hybridized carbons (Fsp3) is 0.364. The summed E-state index contributed by atoms with van der Waals surface area (Å²) in [6, 6.07) is 3.39. The van der Waals surface area contributed by atoms with E-state index in [2.05, 4.69) is 20.7 Å². The average Bonchev–Trinajstić information content (AvgIpc) is 2.26. The summed E-state index contributed by atoms with van der Waals surface area (Å²) in [7, 11) is 1.35. The van der Waals surface area contributed by atoms with Crippen molar-refractivity contribution in [2.75, 3.05) is 13.7 Å². The molecule has 1 aromatic carbocycles. The Hall–Kier alpha value is -0.450. The number of hydrogen-bond donors (Lipinski definition) is 0. The number of carbonyl (C=O) groups excluding carboxylic acids is 1. The third-order valence-corrected chi connectivity index (χ3v) is 2.98. The number of esters is 1. The van der Waals surface area contributed by atoms with Gasteiger partial charge in [0.25, 0.3) is 0 Å². The van der Waals surface area contributed by atoms with Gasteiger partial charge in [-0.25, -0.2) is 0 Å². The van der Waals surface area contributed by atoms with Gasteiger partial charge in [-0.05, 0) is 18.6 Å². The van der Waals surface area contributed by atoms with Crippen LogP contribution in [0.15, 0.2) is 16.6 Å². The van der Waals surface area contributed by atoms with E-state index in [1.807, 2.05) is 0 Å². The van der Waals surface area contributed by atoms with Crippen LogP contribution >= 0.6 is 39.1 Å². The van der Waals surface area contributed by atoms with Crippen LogP contribution in [0.4, 0.5) is 0 Å². The summed E-state index contributed by atoms with van der Waals surface area (Å²) in [5.41, 5.74) is 0.